The Hall–Kier alpha value is -1.81. The zero-order valence-corrected chi connectivity index (χ0v) is 18.3. The molecule has 1 aliphatic carbocycles. The molecule has 0 saturated heterocycles. The molecule has 1 aromatic heterocycles. The van der Waals surface area contributed by atoms with Gasteiger partial charge >= 0.3 is 0 Å². The van der Waals surface area contributed by atoms with Crippen molar-refractivity contribution >= 4 is 31.5 Å². The van der Waals surface area contributed by atoms with Crippen molar-refractivity contribution in [3.8, 4) is 0 Å². The van der Waals surface area contributed by atoms with Gasteiger partial charge in [0.1, 0.15) is 17.2 Å². The number of sulfone groups is 1. The third-order valence-electron chi connectivity index (χ3n) is 5.14. The molecule has 0 amide bonds. The van der Waals surface area contributed by atoms with Gasteiger partial charge in [-0.1, -0.05) is 29.2 Å². The van der Waals surface area contributed by atoms with Crippen LogP contribution < -0.4 is 0 Å². The molecule has 1 aliphatic rings. The Kier molecular flexibility index (Phi) is 7.39. The van der Waals surface area contributed by atoms with Gasteiger partial charge in [-0.2, -0.15) is 0 Å². The maximum absolute atomic E-state index is 13.4. The zero-order chi connectivity index (χ0) is 20.9. The zero-order valence-electron chi connectivity index (χ0n) is 15.9. The number of benzene rings is 1. The molecule has 10 heteroatoms. The summed E-state index contributed by atoms with van der Waals surface area (Å²) in [6.45, 7) is 0. The molecule has 0 atom stereocenters. The third-order valence-corrected chi connectivity index (χ3v) is 7.64. The number of oxime groups is 1. The second kappa shape index (κ2) is 9.80. The van der Waals surface area contributed by atoms with E-state index < -0.39 is 9.84 Å². The van der Waals surface area contributed by atoms with Crippen molar-refractivity contribution in [2.24, 2.45) is 11.1 Å². The molecule has 0 radical (unpaired) electrons. The maximum Gasteiger partial charge on any atom is 0.156 e. The fraction of sp³-hybridized carbons (Fsp3) is 0.526. The number of nitrogens with zero attached hydrogens (tertiary/aromatic N) is 3. The van der Waals surface area contributed by atoms with E-state index in [1.165, 1.54) is 6.07 Å². The van der Waals surface area contributed by atoms with Crippen LogP contribution >= 0.6 is 15.9 Å². The SMILES string of the molecule is O=S(=O)(CCCc1nonc1/C(Cc1ccc(F)c(Br)c1)=N/O)CC1CCCC1. The van der Waals surface area contributed by atoms with Crippen LogP contribution in [0.4, 0.5) is 4.39 Å². The van der Waals surface area contributed by atoms with E-state index in [4.69, 9.17) is 4.63 Å². The normalized spacial score (nSPS) is 15.9. The van der Waals surface area contributed by atoms with Crippen LogP contribution in [0.25, 0.3) is 0 Å². The van der Waals surface area contributed by atoms with Gasteiger partial charge < -0.3 is 5.21 Å². The number of hydrogen-bond acceptors (Lipinski definition) is 7. The topological polar surface area (TPSA) is 106 Å². The Balaban J connectivity index is 1.60. The molecule has 3 rings (SSSR count). The average molecular weight is 488 g/mol. The van der Waals surface area contributed by atoms with Crippen molar-refractivity contribution in [2.75, 3.05) is 11.5 Å². The Bertz CT molecular complexity index is 972. The minimum atomic E-state index is -3.11. The van der Waals surface area contributed by atoms with Crippen LogP contribution in [0.1, 0.15) is 49.1 Å². The summed E-state index contributed by atoms with van der Waals surface area (Å²) >= 11 is 3.12. The van der Waals surface area contributed by atoms with Gasteiger partial charge in [-0.15, -0.1) is 0 Å². The summed E-state index contributed by atoms with van der Waals surface area (Å²) in [6, 6.07) is 4.48. The third kappa shape index (κ3) is 6.08. The number of hydrogen-bond donors (Lipinski definition) is 1. The van der Waals surface area contributed by atoms with Gasteiger partial charge in [-0.25, -0.2) is 17.4 Å². The highest BCUT2D eigenvalue weighted by Crippen LogP contribution is 2.26. The predicted octanol–water partition coefficient (Wildman–Crippen LogP) is 3.93. The predicted molar refractivity (Wildman–Crippen MR) is 109 cm³/mol. The molecule has 7 nitrogen and oxygen atoms in total. The maximum atomic E-state index is 13.4. The molecular formula is C19H23BrFN3O4S. The molecule has 1 saturated carbocycles. The van der Waals surface area contributed by atoms with Crippen molar-refractivity contribution < 1.29 is 22.6 Å². The van der Waals surface area contributed by atoms with Crippen LogP contribution in [-0.4, -0.2) is 41.2 Å². The highest BCUT2D eigenvalue weighted by atomic mass is 79.9. The summed E-state index contributed by atoms with van der Waals surface area (Å²) in [5.41, 5.74) is 1.64. The van der Waals surface area contributed by atoms with Gasteiger partial charge in [-0.3, -0.25) is 0 Å². The molecule has 0 aliphatic heterocycles. The summed E-state index contributed by atoms with van der Waals surface area (Å²) in [6.07, 6.45) is 5.13. The van der Waals surface area contributed by atoms with Crippen LogP contribution in [-0.2, 0) is 22.7 Å². The molecule has 0 unspecified atom stereocenters. The second-order valence-electron chi connectivity index (χ2n) is 7.40. The Morgan fingerprint density at radius 3 is 2.76 bits per heavy atom. The second-order valence-corrected chi connectivity index (χ2v) is 10.5. The molecule has 1 fully saturated rings. The van der Waals surface area contributed by atoms with Crippen molar-refractivity contribution in [2.45, 2.75) is 44.9 Å². The summed E-state index contributed by atoms with van der Waals surface area (Å²) in [5.74, 6) is 0.220. The van der Waals surface area contributed by atoms with Crippen molar-refractivity contribution in [3.63, 3.8) is 0 Å². The monoisotopic (exact) mass is 487 g/mol. The Morgan fingerprint density at radius 1 is 1.31 bits per heavy atom. The number of aryl methyl sites for hydroxylation is 1. The van der Waals surface area contributed by atoms with Crippen LogP contribution in [0.2, 0.25) is 0 Å². The van der Waals surface area contributed by atoms with Crippen LogP contribution in [0.5, 0.6) is 0 Å². The Labute approximate surface area is 177 Å². The molecule has 1 heterocycles. The lowest BCUT2D eigenvalue weighted by Crippen LogP contribution is -2.18. The van der Waals surface area contributed by atoms with Crippen molar-refractivity contribution in [1.82, 2.24) is 10.3 Å². The summed E-state index contributed by atoms with van der Waals surface area (Å²) in [7, 11) is -3.11. The first-order valence-electron chi connectivity index (χ1n) is 9.55. The standard InChI is InChI=1S/C19H23BrFN3O4S/c20-15-10-14(7-8-16(15)21)11-18(22-25)19-17(23-28-24-19)6-3-9-29(26,27)12-13-4-1-2-5-13/h7-8,10,13,25H,1-6,9,11-12H2/b22-18+. The minimum Gasteiger partial charge on any atom is -0.411 e. The van der Waals surface area contributed by atoms with Crippen LogP contribution in [0, 0.1) is 11.7 Å². The lowest BCUT2D eigenvalue weighted by molar-refractivity contribution is 0.300. The largest absolute Gasteiger partial charge is 0.411 e. The fourth-order valence-electron chi connectivity index (χ4n) is 3.68. The number of aromatic nitrogens is 2. The molecule has 0 bridgehead atoms. The van der Waals surface area contributed by atoms with E-state index in [0.717, 1.165) is 25.7 Å². The van der Waals surface area contributed by atoms with E-state index in [9.17, 15) is 18.0 Å². The van der Waals surface area contributed by atoms with Gasteiger partial charge in [-0.05, 0) is 70.4 Å². The van der Waals surface area contributed by atoms with Crippen molar-refractivity contribution in [3.05, 3.63) is 45.4 Å². The van der Waals surface area contributed by atoms with Gasteiger partial charge in [0.15, 0.2) is 15.5 Å². The van der Waals surface area contributed by atoms with E-state index in [0.29, 0.717) is 28.6 Å². The van der Waals surface area contributed by atoms with Crippen molar-refractivity contribution in [1.29, 1.82) is 0 Å². The first kappa shape index (κ1) is 21.9. The minimum absolute atomic E-state index is 0.0757. The van der Waals surface area contributed by atoms with E-state index in [2.05, 4.69) is 31.4 Å². The highest BCUT2D eigenvalue weighted by molar-refractivity contribution is 9.10. The van der Waals surface area contributed by atoms with Crippen LogP contribution in [0.3, 0.4) is 0 Å². The molecule has 158 valence electrons. The summed E-state index contributed by atoms with van der Waals surface area (Å²) in [4.78, 5) is 0. The van der Waals surface area contributed by atoms with E-state index in [-0.39, 0.29) is 41.1 Å². The van der Waals surface area contributed by atoms with Gasteiger partial charge in [0.05, 0.1) is 16.0 Å². The average Bonchev–Trinajstić information content (AvgIpc) is 3.34. The summed E-state index contributed by atoms with van der Waals surface area (Å²) < 4.78 is 43.2. The first-order valence-corrected chi connectivity index (χ1v) is 12.2. The van der Waals surface area contributed by atoms with Crippen LogP contribution in [0.15, 0.2) is 32.5 Å². The van der Waals surface area contributed by atoms with E-state index in [1.54, 1.807) is 12.1 Å². The molecule has 0 spiro atoms. The Morgan fingerprint density at radius 2 is 2.07 bits per heavy atom. The highest BCUT2D eigenvalue weighted by Gasteiger charge is 2.23. The summed E-state index contributed by atoms with van der Waals surface area (Å²) in [5, 5.41) is 20.4. The molecule has 2 aromatic rings. The van der Waals surface area contributed by atoms with E-state index >= 15 is 0 Å². The first-order chi connectivity index (χ1) is 13.9. The molecule has 29 heavy (non-hydrogen) atoms. The number of halogens is 2. The quantitative estimate of drug-likeness (QED) is 0.326. The van der Waals surface area contributed by atoms with Gasteiger partial charge in [0.2, 0.25) is 0 Å². The molecular weight excluding hydrogens is 465 g/mol. The van der Waals surface area contributed by atoms with Gasteiger partial charge in [0.25, 0.3) is 0 Å². The fourth-order valence-corrected chi connectivity index (χ4v) is 5.91. The van der Waals surface area contributed by atoms with E-state index in [1.807, 2.05) is 0 Å². The smallest absolute Gasteiger partial charge is 0.156 e. The lowest BCUT2D eigenvalue weighted by atomic mass is 10.0. The molecule has 1 N–H and O–H groups in total. The lowest BCUT2D eigenvalue weighted by Gasteiger charge is -2.09. The van der Waals surface area contributed by atoms with Gasteiger partial charge in [0, 0.05) is 6.42 Å². The molecule has 1 aromatic carbocycles. The number of rotatable bonds is 9.